The number of nitro groups is 1. The fourth-order valence-corrected chi connectivity index (χ4v) is 2.41. The molecule has 2 aliphatic rings. The lowest BCUT2D eigenvalue weighted by atomic mass is 10.3. The number of hydrogen-bond donors (Lipinski definition) is 0. The third-order valence-corrected chi connectivity index (χ3v) is 3.54. The van der Waals surface area contributed by atoms with E-state index in [1.807, 2.05) is 0 Å². The molecule has 11 heteroatoms. The van der Waals surface area contributed by atoms with Gasteiger partial charge in [-0.1, -0.05) is 0 Å². The minimum absolute atomic E-state index is 0. The molecule has 1 amide bonds. The Balaban J connectivity index is 0.00000208. The molecule has 0 bridgehead atoms. The summed E-state index contributed by atoms with van der Waals surface area (Å²) < 4.78 is 15.5. The summed E-state index contributed by atoms with van der Waals surface area (Å²) in [5.74, 6) is -0.179. The van der Waals surface area contributed by atoms with Crippen LogP contribution < -0.4 is 0 Å². The summed E-state index contributed by atoms with van der Waals surface area (Å²) in [6.07, 6.45) is 0.454. The van der Waals surface area contributed by atoms with E-state index < -0.39 is 11.0 Å². The molecule has 1 aromatic rings. The van der Waals surface area contributed by atoms with Crippen molar-refractivity contribution in [2.24, 2.45) is 5.10 Å². The van der Waals surface area contributed by atoms with E-state index in [2.05, 4.69) is 10.0 Å². The summed E-state index contributed by atoms with van der Waals surface area (Å²) in [6.45, 7) is 3.95. The fraction of sp³-hybridized carbons (Fsp3) is 0.538. The van der Waals surface area contributed by atoms with E-state index in [1.165, 1.54) is 23.4 Å². The Morgan fingerprint density at radius 3 is 2.79 bits per heavy atom. The molecule has 3 rings (SSSR count). The molecule has 2 aliphatic heterocycles. The Labute approximate surface area is 143 Å². The molecule has 0 radical (unpaired) electrons. The summed E-state index contributed by atoms with van der Waals surface area (Å²) in [5, 5.41) is 15.7. The van der Waals surface area contributed by atoms with Crippen LogP contribution in [0.1, 0.15) is 5.76 Å². The molecule has 3 heterocycles. The first kappa shape index (κ1) is 18.2. The van der Waals surface area contributed by atoms with Crippen molar-refractivity contribution >= 4 is 30.6 Å². The molecule has 1 atom stereocenters. The zero-order valence-electron chi connectivity index (χ0n) is 12.7. The monoisotopic (exact) mass is 360 g/mol. The minimum Gasteiger partial charge on any atom is -0.441 e. The van der Waals surface area contributed by atoms with Crippen molar-refractivity contribution in [1.29, 1.82) is 0 Å². The van der Waals surface area contributed by atoms with E-state index >= 15 is 0 Å². The van der Waals surface area contributed by atoms with Gasteiger partial charge in [-0.15, -0.1) is 12.4 Å². The van der Waals surface area contributed by atoms with Gasteiger partial charge in [0.15, 0.2) is 5.76 Å². The second-order valence-corrected chi connectivity index (χ2v) is 5.18. The van der Waals surface area contributed by atoms with Gasteiger partial charge in [-0.05, 0) is 6.07 Å². The number of furan rings is 1. The Hall–Kier alpha value is -2.17. The van der Waals surface area contributed by atoms with Crippen LogP contribution >= 0.6 is 12.4 Å². The highest BCUT2D eigenvalue weighted by molar-refractivity contribution is 5.85. The number of carbonyl (C=O) groups excluding carboxylic acids is 1. The number of nitrogens with zero attached hydrogens (tertiary/aromatic N) is 4. The molecule has 2 saturated heterocycles. The topological polar surface area (TPSA) is 111 Å². The van der Waals surface area contributed by atoms with Crippen molar-refractivity contribution in [3.8, 4) is 0 Å². The quantitative estimate of drug-likeness (QED) is 0.439. The Kier molecular flexibility index (Phi) is 6.12. The first-order valence-corrected chi connectivity index (χ1v) is 7.18. The molecular weight excluding hydrogens is 344 g/mol. The maximum atomic E-state index is 11.8. The smallest absolute Gasteiger partial charge is 0.433 e. The van der Waals surface area contributed by atoms with E-state index in [1.54, 1.807) is 0 Å². The van der Waals surface area contributed by atoms with Gasteiger partial charge < -0.3 is 13.9 Å². The van der Waals surface area contributed by atoms with E-state index in [0.717, 1.165) is 13.1 Å². The van der Waals surface area contributed by atoms with Crippen LogP contribution in [0.3, 0.4) is 0 Å². The number of halogens is 1. The van der Waals surface area contributed by atoms with Crippen LogP contribution in [0.15, 0.2) is 21.7 Å². The molecule has 0 spiro atoms. The van der Waals surface area contributed by atoms with Gasteiger partial charge in [0, 0.05) is 19.6 Å². The largest absolute Gasteiger partial charge is 0.441 e. The van der Waals surface area contributed by atoms with E-state index in [4.69, 9.17) is 13.9 Å². The maximum absolute atomic E-state index is 11.8. The molecule has 2 fully saturated rings. The standard InChI is InChI=1S/C13H16N4O6.ClH/c18-13-16(14-7-10-1-2-12(22-10)17(19)20)9-11(23-13)8-15-3-5-21-6-4-15;/h1-2,7,11H,3-6,8-9H2;1H/b14-7-;. The molecule has 0 saturated carbocycles. The summed E-state index contributed by atoms with van der Waals surface area (Å²) in [5.41, 5.74) is 0. The highest BCUT2D eigenvalue weighted by atomic mass is 35.5. The van der Waals surface area contributed by atoms with Crippen LogP contribution in [0.25, 0.3) is 0 Å². The molecule has 1 unspecified atom stereocenters. The molecule has 10 nitrogen and oxygen atoms in total. The van der Waals surface area contributed by atoms with Gasteiger partial charge in [0.25, 0.3) is 0 Å². The summed E-state index contributed by atoms with van der Waals surface area (Å²) in [7, 11) is 0. The van der Waals surface area contributed by atoms with Crippen molar-refractivity contribution in [2.75, 3.05) is 39.4 Å². The second kappa shape index (κ2) is 8.08. The predicted molar refractivity (Wildman–Crippen MR) is 84.4 cm³/mol. The molecule has 0 aromatic carbocycles. The summed E-state index contributed by atoms with van der Waals surface area (Å²) in [6, 6.07) is 2.64. The first-order chi connectivity index (χ1) is 11.1. The molecule has 1 aromatic heterocycles. The van der Waals surface area contributed by atoms with Crippen molar-refractivity contribution < 1.29 is 23.6 Å². The van der Waals surface area contributed by atoms with Gasteiger partial charge in [-0.25, -0.2) is 4.79 Å². The van der Waals surface area contributed by atoms with E-state index in [-0.39, 0.29) is 30.2 Å². The summed E-state index contributed by atoms with van der Waals surface area (Å²) in [4.78, 5) is 23.8. The lowest BCUT2D eigenvalue weighted by Gasteiger charge is -2.27. The minimum atomic E-state index is -0.639. The SMILES string of the molecule is Cl.O=C1OC(CN2CCOCC2)CN1/N=C\c1ccc([N+](=O)[O-])o1. The zero-order chi connectivity index (χ0) is 16.2. The van der Waals surface area contributed by atoms with Crippen LogP contribution in [0.5, 0.6) is 0 Å². The lowest BCUT2D eigenvalue weighted by Crippen LogP contribution is -2.41. The van der Waals surface area contributed by atoms with Crippen LogP contribution in [-0.4, -0.2) is 72.6 Å². The normalized spacial score (nSPS) is 21.8. The number of rotatable bonds is 5. The highest BCUT2D eigenvalue weighted by Crippen LogP contribution is 2.16. The summed E-state index contributed by atoms with van der Waals surface area (Å²) >= 11 is 0. The third kappa shape index (κ3) is 4.43. The van der Waals surface area contributed by atoms with Crippen molar-refractivity contribution in [2.45, 2.75) is 6.10 Å². The van der Waals surface area contributed by atoms with Crippen molar-refractivity contribution in [1.82, 2.24) is 9.91 Å². The van der Waals surface area contributed by atoms with Gasteiger partial charge in [-0.2, -0.15) is 10.1 Å². The van der Waals surface area contributed by atoms with Crippen LogP contribution in [0, 0.1) is 10.1 Å². The average Bonchev–Trinajstić information content (AvgIpc) is 3.13. The Bertz CT molecular complexity index is 615. The van der Waals surface area contributed by atoms with Crippen molar-refractivity contribution in [3.63, 3.8) is 0 Å². The molecular formula is C13H17ClN4O6. The highest BCUT2D eigenvalue weighted by Gasteiger charge is 2.32. The lowest BCUT2D eigenvalue weighted by molar-refractivity contribution is -0.402. The number of hydrogen-bond acceptors (Lipinski definition) is 8. The van der Waals surface area contributed by atoms with Gasteiger partial charge in [0.05, 0.1) is 32.0 Å². The van der Waals surface area contributed by atoms with Gasteiger partial charge >= 0.3 is 12.0 Å². The Morgan fingerprint density at radius 1 is 1.38 bits per heavy atom. The van der Waals surface area contributed by atoms with Crippen LogP contribution in [0.4, 0.5) is 10.7 Å². The molecule has 24 heavy (non-hydrogen) atoms. The fourth-order valence-electron chi connectivity index (χ4n) is 2.41. The van der Waals surface area contributed by atoms with Crippen LogP contribution in [0.2, 0.25) is 0 Å². The Morgan fingerprint density at radius 2 is 2.12 bits per heavy atom. The van der Waals surface area contributed by atoms with Gasteiger partial charge in [-0.3, -0.25) is 15.0 Å². The number of hydrazone groups is 1. The third-order valence-electron chi connectivity index (χ3n) is 3.54. The first-order valence-electron chi connectivity index (χ1n) is 7.18. The van der Waals surface area contributed by atoms with E-state index in [0.29, 0.717) is 26.3 Å². The zero-order valence-corrected chi connectivity index (χ0v) is 13.5. The van der Waals surface area contributed by atoms with Crippen molar-refractivity contribution in [3.05, 3.63) is 28.0 Å². The number of morpholine rings is 1. The second-order valence-electron chi connectivity index (χ2n) is 5.18. The number of ether oxygens (including phenoxy) is 2. The molecule has 132 valence electrons. The number of amides is 1. The van der Waals surface area contributed by atoms with E-state index in [9.17, 15) is 14.9 Å². The number of cyclic esters (lactones) is 1. The molecule has 0 N–H and O–H groups in total. The predicted octanol–water partition coefficient (Wildman–Crippen LogP) is 1.10. The van der Waals surface area contributed by atoms with Gasteiger partial charge in [0.2, 0.25) is 0 Å². The van der Waals surface area contributed by atoms with Gasteiger partial charge in [0.1, 0.15) is 11.0 Å². The maximum Gasteiger partial charge on any atom is 0.433 e. The number of carbonyl (C=O) groups is 1. The average molecular weight is 361 g/mol. The van der Waals surface area contributed by atoms with Crippen LogP contribution in [-0.2, 0) is 9.47 Å². The molecule has 0 aliphatic carbocycles.